The van der Waals surface area contributed by atoms with E-state index in [4.69, 9.17) is 23.2 Å². The summed E-state index contributed by atoms with van der Waals surface area (Å²) in [6.07, 6.45) is 6.66. The van der Waals surface area contributed by atoms with Crippen molar-refractivity contribution in [1.29, 1.82) is 0 Å². The molecule has 0 amide bonds. The Balaban J connectivity index is 0.000000500. The normalized spacial score (nSPS) is 10.0. The average Bonchev–Trinajstić information content (AvgIpc) is 3.04. The molecule has 26 heavy (non-hydrogen) atoms. The number of hydrogen-bond acceptors (Lipinski definition) is 3. The van der Waals surface area contributed by atoms with Gasteiger partial charge in [0.25, 0.3) is 5.56 Å². The van der Waals surface area contributed by atoms with Crippen molar-refractivity contribution in [3.8, 4) is 11.4 Å². The van der Waals surface area contributed by atoms with Gasteiger partial charge >= 0.3 is 0 Å². The van der Waals surface area contributed by atoms with Crippen LogP contribution in [0.5, 0.6) is 0 Å². The molecule has 0 atom stereocenters. The number of aromatic amines is 1. The van der Waals surface area contributed by atoms with E-state index < -0.39 is 0 Å². The summed E-state index contributed by atoms with van der Waals surface area (Å²) >= 11 is 11.3. The lowest BCUT2D eigenvalue weighted by molar-refractivity contribution is 1.11. The number of alkyl halides is 1. The highest BCUT2D eigenvalue weighted by atomic mass is 35.5. The third-order valence-electron chi connectivity index (χ3n) is 3.01. The molecule has 0 spiro atoms. The zero-order valence-electron chi connectivity index (χ0n) is 15.0. The molecule has 0 radical (unpaired) electrons. The number of hydrogen-bond donors (Lipinski definition) is 1. The van der Waals surface area contributed by atoms with E-state index in [9.17, 15) is 4.79 Å². The summed E-state index contributed by atoms with van der Waals surface area (Å²) in [7, 11) is 0. The molecular formula is C19H22Cl2N4O. The predicted molar refractivity (Wildman–Crippen MR) is 112 cm³/mol. The number of aromatic nitrogens is 4. The van der Waals surface area contributed by atoms with E-state index >= 15 is 0 Å². The van der Waals surface area contributed by atoms with Crippen LogP contribution in [0.1, 0.15) is 20.8 Å². The van der Waals surface area contributed by atoms with Gasteiger partial charge in [-0.3, -0.25) is 9.36 Å². The Bertz CT molecular complexity index is 929. The lowest BCUT2D eigenvalue weighted by Crippen LogP contribution is -2.06. The van der Waals surface area contributed by atoms with Crippen LogP contribution in [0.25, 0.3) is 28.8 Å². The number of rotatable bonds is 3. The summed E-state index contributed by atoms with van der Waals surface area (Å²) in [6.45, 7) is 9.23. The molecule has 3 rings (SSSR count). The summed E-state index contributed by atoms with van der Waals surface area (Å²) in [6, 6.07) is 7.36. The number of halogens is 2. The smallest absolute Gasteiger partial charge is 0.278 e. The molecular weight excluding hydrogens is 371 g/mol. The number of benzene rings is 1. The Morgan fingerprint density at radius 3 is 2.54 bits per heavy atom. The van der Waals surface area contributed by atoms with E-state index in [0.29, 0.717) is 27.9 Å². The van der Waals surface area contributed by atoms with Gasteiger partial charge in [0.05, 0.1) is 11.3 Å². The zero-order chi connectivity index (χ0) is 19.5. The quantitative estimate of drug-likeness (QED) is 0.481. The van der Waals surface area contributed by atoms with Crippen molar-refractivity contribution in [1.82, 2.24) is 19.5 Å². The van der Waals surface area contributed by atoms with Crippen molar-refractivity contribution in [2.75, 3.05) is 5.88 Å². The molecule has 5 nitrogen and oxygen atoms in total. The monoisotopic (exact) mass is 392 g/mol. The number of H-pyrrole nitrogens is 1. The van der Waals surface area contributed by atoms with Crippen molar-refractivity contribution in [3.05, 3.63) is 64.7 Å². The van der Waals surface area contributed by atoms with Crippen LogP contribution in [0.3, 0.4) is 0 Å². The van der Waals surface area contributed by atoms with Crippen LogP contribution in [0.2, 0.25) is 5.02 Å². The van der Waals surface area contributed by atoms with Gasteiger partial charge in [0.15, 0.2) is 11.2 Å². The van der Waals surface area contributed by atoms with Crippen molar-refractivity contribution < 1.29 is 0 Å². The molecule has 2 heterocycles. The van der Waals surface area contributed by atoms with Gasteiger partial charge in [-0.1, -0.05) is 49.7 Å². The average molecular weight is 393 g/mol. The minimum absolute atomic E-state index is 0.272. The molecule has 0 aliphatic heterocycles. The largest absolute Gasteiger partial charge is 0.311 e. The Kier molecular flexibility index (Phi) is 9.41. The standard InChI is InChI=1S/C14H11ClN4O.C3H5Cl.C2H6/c1-2-7-19-12(9-5-3-4-6-10(9)15)18-11-13(19)16-8-17-14(11)20;1-2-3-4;1-2/h2-8H,1H3,(H,16,17,20);2H,1,3H2;1-2H3/b7-2+;;. The van der Waals surface area contributed by atoms with Crippen LogP contribution in [0.4, 0.5) is 0 Å². The highest BCUT2D eigenvalue weighted by Gasteiger charge is 2.16. The first-order valence-electron chi connectivity index (χ1n) is 8.14. The van der Waals surface area contributed by atoms with Gasteiger partial charge in [0.2, 0.25) is 0 Å². The van der Waals surface area contributed by atoms with Crippen molar-refractivity contribution >= 4 is 40.6 Å². The molecule has 1 aromatic carbocycles. The van der Waals surface area contributed by atoms with Gasteiger partial charge in [0.1, 0.15) is 5.82 Å². The highest BCUT2D eigenvalue weighted by Crippen LogP contribution is 2.28. The highest BCUT2D eigenvalue weighted by molar-refractivity contribution is 6.33. The number of allylic oxidation sites excluding steroid dienone is 2. The fourth-order valence-corrected chi connectivity index (χ4v) is 2.26. The molecule has 0 aliphatic carbocycles. The Morgan fingerprint density at radius 1 is 1.31 bits per heavy atom. The molecule has 0 aliphatic rings. The lowest BCUT2D eigenvalue weighted by Gasteiger charge is -2.04. The maximum absolute atomic E-state index is 11.8. The van der Waals surface area contributed by atoms with Crippen LogP contribution in [-0.4, -0.2) is 25.4 Å². The fraction of sp³-hybridized carbons (Fsp3) is 0.211. The summed E-state index contributed by atoms with van der Waals surface area (Å²) in [5.74, 6) is 1.15. The Morgan fingerprint density at radius 2 is 1.96 bits per heavy atom. The molecule has 0 bridgehead atoms. The van der Waals surface area contributed by atoms with E-state index in [1.807, 2.05) is 45.0 Å². The summed E-state index contributed by atoms with van der Waals surface area (Å²) in [5, 5.41) is 0.574. The molecule has 0 fully saturated rings. The molecule has 0 saturated heterocycles. The van der Waals surface area contributed by atoms with Crippen molar-refractivity contribution in [2.24, 2.45) is 0 Å². The second-order valence-electron chi connectivity index (χ2n) is 4.61. The topological polar surface area (TPSA) is 63.6 Å². The molecule has 3 aromatic rings. The molecule has 138 valence electrons. The maximum Gasteiger partial charge on any atom is 0.278 e. The van der Waals surface area contributed by atoms with Gasteiger partial charge in [0, 0.05) is 17.6 Å². The zero-order valence-corrected chi connectivity index (χ0v) is 16.6. The number of imidazole rings is 1. The van der Waals surface area contributed by atoms with Gasteiger partial charge in [-0.15, -0.1) is 18.2 Å². The SMILES string of the molecule is C/C=C/n1c(-c2ccccc2Cl)nc2c(=O)[nH]cnc21.C=CCCl.CC. The Labute approximate surface area is 163 Å². The second kappa shape index (κ2) is 11.3. The van der Waals surface area contributed by atoms with Crippen LogP contribution in [-0.2, 0) is 0 Å². The van der Waals surface area contributed by atoms with Gasteiger partial charge in [-0.05, 0) is 19.1 Å². The lowest BCUT2D eigenvalue weighted by atomic mass is 10.2. The summed E-state index contributed by atoms with van der Waals surface area (Å²) in [4.78, 5) is 22.9. The van der Waals surface area contributed by atoms with E-state index in [2.05, 4.69) is 21.5 Å². The molecule has 0 unspecified atom stereocenters. The first-order chi connectivity index (χ1) is 12.6. The molecule has 2 aromatic heterocycles. The van der Waals surface area contributed by atoms with Gasteiger partial charge in [-0.25, -0.2) is 9.97 Å². The van der Waals surface area contributed by atoms with Crippen LogP contribution < -0.4 is 5.56 Å². The minimum Gasteiger partial charge on any atom is -0.311 e. The first-order valence-corrected chi connectivity index (χ1v) is 9.05. The minimum atomic E-state index is -0.272. The first kappa shape index (κ1) is 21.7. The summed E-state index contributed by atoms with van der Waals surface area (Å²) < 4.78 is 1.76. The van der Waals surface area contributed by atoms with Crippen molar-refractivity contribution in [2.45, 2.75) is 20.8 Å². The van der Waals surface area contributed by atoms with E-state index in [1.165, 1.54) is 6.33 Å². The number of fused-ring (bicyclic) bond motifs is 1. The molecule has 1 N–H and O–H groups in total. The fourth-order valence-electron chi connectivity index (χ4n) is 2.04. The van der Waals surface area contributed by atoms with E-state index in [-0.39, 0.29) is 5.56 Å². The third kappa shape index (κ3) is 5.07. The number of nitrogens with zero attached hydrogens (tertiary/aromatic N) is 3. The van der Waals surface area contributed by atoms with E-state index in [0.717, 1.165) is 5.56 Å². The predicted octanol–water partition coefficient (Wildman–Crippen LogP) is 5.37. The van der Waals surface area contributed by atoms with Crippen LogP contribution in [0, 0.1) is 0 Å². The van der Waals surface area contributed by atoms with Gasteiger partial charge in [-0.2, -0.15) is 0 Å². The molecule has 0 saturated carbocycles. The van der Waals surface area contributed by atoms with Crippen LogP contribution in [0.15, 0.2) is 54.1 Å². The molecule has 7 heteroatoms. The number of nitrogens with one attached hydrogen (secondary N) is 1. The van der Waals surface area contributed by atoms with E-state index in [1.54, 1.807) is 22.9 Å². The second-order valence-corrected chi connectivity index (χ2v) is 5.33. The maximum atomic E-state index is 11.8. The third-order valence-corrected chi connectivity index (χ3v) is 3.55. The van der Waals surface area contributed by atoms with Crippen molar-refractivity contribution in [3.63, 3.8) is 0 Å². The summed E-state index contributed by atoms with van der Waals surface area (Å²) in [5.41, 5.74) is 1.28. The van der Waals surface area contributed by atoms with Crippen LogP contribution >= 0.6 is 23.2 Å². The Hall–Kier alpha value is -2.37. The van der Waals surface area contributed by atoms with Gasteiger partial charge < -0.3 is 4.98 Å².